The molecule has 11 rings (SSSR count). The molecule has 3 aliphatic carbocycles. The van der Waals surface area contributed by atoms with Crippen LogP contribution in [-0.2, 0) is 0 Å². The van der Waals surface area contributed by atoms with E-state index in [0.717, 1.165) is 40.0 Å². The Labute approximate surface area is 302 Å². The van der Waals surface area contributed by atoms with Gasteiger partial charge in [0.1, 0.15) is 11.2 Å². The van der Waals surface area contributed by atoms with Crippen molar-refractivity contribution in [1.82, 2.24) is 0 Å². The average Bonchev–Trinajstić information content (AvgIpc) is 3.85. The van der Waals surface area contributed by atoms with Crippen molar-refractivity contribution in [3.05, 3.63) is 186 Å². The van der Waals surface area contributed by atoms with E-state index in [0.29, 0.717) is 23.0 Å². The molecule has 0 fully saturated rings. The topological polar surface area (TPSA) is 16.4 Å². The van der Waals surface area contributed by atoms with Crippen LogP contribution in [0.2, 0.25) is 0 Å². The Balaban J connectivity index is 1.09. The summed E-state index contributed by atoms with van der Waals surface area (Å²) in [5.74, 6) is 1.11. The molecule has 0 bridgehead atoms. The number of fused-ring (bicyclic) bond motifs is 12. The maximum Gasteiger partial charge on any atom is 0.144 e. The zero-order chi connectivity index (χ0) is 33.6. The molecule has 2 nitrogen and oxygen atoms in total. The summed E-state index contributed by atoms with van der Waals surface area (Å²) in [7, 11) is 0. The Kier molecular flexibility index (Phi) is 6.45. The van der Waals surface area contributed by atoms with Crippen molar-refractivity contribution in [1.29, 1.82) is 0 Å². The second kappa shape index (κ2) is 11.2. The summed E-state index contributed by atoms with van der Waals surface area (Å²) in [5.41, 5.74) is 13.7. The monoisotopic (exact) mass is 673 g/mol. The second-order valence-electron chi connectivity index (χ2n) is 14.3. The summed E-state index contributed by atoms with van der Waals surface area (Å²) in [6.07, 6.45) is 14.9. The zero-order valence-corrected chi connectivity index (χ0v) is 29.1. The van der Waals surface area contributed by atoms with Gasteiger partial charge < -0.3 is 9.32 Å². The van der Waals surface area contributed by atoms with Gasteiger partial charge in [-0.2, -0.15) is 0 Å². The summed E-state index contributed by atoms with van der Waals surface area (Å²) in [6, 6.07) is 44.5. The molecule has 7 aromatic rings. The lowest BCUT2D eigenvalue weighted by atomic mass is 9.82. The molecular weight excluding hydrogens is 639 g/mol. The molecule has 4 atom stereocenters. The third-order valence-electron chi connectivity index (χ3n) is 11.6. The minimum atomic E-state index is 0.324. The number of thioether (sulfide) groups is 1. The minimum Gasteiger partial charge on any atom is -0.455 e. The number of allylic oxidation sites excluding steroid dienone is 7. The van der Waals surface area contributed by atoms with Crippen LogP contribution in [0.4, 0.5) is 17.1 Å². The van der Waals surface area contributed by atoms with Crippen LogP contribution < -0.4 is 4.90 Å². The van der Waals surface area contributed by atoms with E-state index < -0.39 is 0 Å². The molecule has 0 radical (unpaired) electrons. The van der Waals surface area contributed by atoms with E-state index in [4.69, 9.17) is 4.42 Å². The van der Waals surface area contributed by atoms with Gasteiger partial charge in [-0.05, 0) is 81.9 Å². The normalized spacial score (nSPS) is 21.4. The maximum absolute atomic E-state index is 7.10. The standard InChI is InChI=1S/C48H35NOS/c1-29-40-26-31(30-12-4-2-5-13-30)20-23-38(40)47-45(29)36-17-8-9-18-37(36)46-39-24-21-34(28-42(39)50-48(46)47)49(32-14-6-3-7-15-32)33-22-25-44-41(27-33)35-16-10-11-19-43(35)51-44/h2-25,27-29,31,35,43H,26H2,1H3. The zero-order valence-electron chi connectivity index (χ0n) is 28.3. The van der Waals surface area contributed by atoms with E-state index in [1.165, 1.54) is 54.5 Å². The van der Waals surface area contributed by atoms with E-state index in [2.05, 4.69) is 170 Å². The third-order valence-corrected chi connectivity index (χ3v) is 13.0. The van der Waals surface area contributed by atoms with Gasteiger partial charge in [0, 0.05) is 67.4 Å². The van der Waals surface area contributed by atoms with Crippen LogP contribution in [0.15, 0.2) is 173 Å². The van der Waals surface area contributed by atoms with Crippen LogP contribution >= 0.6 is 11.8 Å². The lowest BCUT2D eigenvalue weighted by Crippen LogP contribution is -2.11. The molecule has 4 aliphatic rings. The van der Waals surface area contributed by atoms with Crippen LogP contribution in [0.25, 0.3) is 38.3 Å². The molecular formula is C48H35NOS. The van der Waals surface area contributed by atoms with E-state index in [9.17, 15) is 0 Å². The molecule has 6 aromatic carbocycles. The highest BCUT2D eigenvalue weighted by Gasteiger charge is 2.36. The van der Waals surface area contributed by atoms with Gasteiger partial charge >= 0.3 is 0 Å². The van der Waals surface area contributed by atoms with E-state index in [-0.39, 0.29) is 0 Å². The second-order valence-corrected chi connectivity index (χ2v) is 15.6. The fourth-order valence-electron chi connectivity index (χ4n) is 9.26. The van der Waals surface area contributed by atoms with E-state index in [1.54, 1.807) is 0 Å². The van der Waals surface area contributed by atoms with Crippen molar-refractivity contribution in [2.24, 2.45) is 0 Å². The first-order valence-electron chi connectivity index (χ1n) is 18.1. The number of para-hydroxylation sites is 1. The lowest BCUT2D eigenvalue weighted by molar-refractivity contribution is 0.667. The molecule has 0 spiro atoms. The molecule has 0 saturated carbocycles. The predicted octanol–water partition coefficient (Wildman–Crippen LogP) is 13.5. The summed E-state index contributed by atoms with van der Waals surface area (Å²) >= 11 is 1.97. The Morgan fingerprint density at radius 1 is 0.686 bits per heavy atom. The summed E-state index contributed by atoms with van der Waals surface area (Å²) in [5, 5.41) is 5.46. The van der Waals surface area contributed by atoms with Gasteiger partial charge in [0.2, 0.25) is 0 Å². The largest absolute Gasteiger partial charge is 0.455 e. The first-order valence-corrected chi connectivity index (χ1v) is 19.0. The summed E-state index contributed by atoms with van der Waals surface area (Å²) in [6.45, 7) is 2.40. The van der Waals surface area contributed by atoms with E-state index >= 15 is 0 Å². The molecule has 2 heterocycles. The number of hydrogen-bond donors (Lipinski definition) is 0. The Morgan fingerprint density at radius 2 is 1.43 bits per heavy atom. The number of furan rings is 1. The van der Waals surface area contributed by atoms with Crippen molar-refractivity contribution in [3.8, 4) is 0 Å². The van der Waals surface area contributed by atoms with Crippen molar-refractivity contribution >= 4 is 67.1 Å². The molecule has 0 N–H and O–H groups in total. The molecule has 1 aromatic heterocycles. The molecule has 4 unspecified atom stereocenters. The predicted molar refractivity (Wildman–Crippen MR) is 215 cm³/mol. The number of hydrogen-bond acceptors (Lipinski definition) is 3. The lowest BCUT2D eigenvalue weighted by Gasteiger charge is -2.26. The molecule has 0 amide bonds. The van der Waals surface area contributed by atoms with Gasteiger partial charge in [-0.3, -0.25) is 0 Å². The third kappa shape index (κ3) is 4.38. The SMILES string of the molecule is CC1C2=C(C=CC(c3ccccc3)C2)c2c1c1ccccc1c1c2oc2cc(N(c3ccccc3)c3ccc4c(c3)C3C=CC=CC3S4)ccc21. The van der Waals surface area contributed by atoms with Crippen molar-refractivity contribution < 1.29 is 4.42 Å². The maximum atomic E-state index is 7.10. The van der Waals surface area contributed by atoms with Crippen molar-refractivity contribution in [3.63, 3.8) is 0 Å². The Morgan fingerprint density at radius 3 is 2.29 bits per heavy atom. The minimum absolute atomic E-state index is 0.324. The van der Waals surface area contributed by atoms with Crippen LogP contribution in [0.3, 0.4) is 0 Å². The molecule has 1 aliphatic heterocycles. The molecule has 51 heavy (non-hydrogen) atoms. The molecule has 244 valence electrons. The number of benzene rings is 6. The number of nitrogens with zero attached hydrogens (tertiary/aromatic N) is 1. The highest BCUT2D eigenvalue weighted by Crippen LogP contribution is 2.56. The van der Waals surface area contributed by atoms with Gasteiger partial charge in [0.15, 0.2) is 0 Å². The summed E-state index contributed by atoms with van der Waals surface area (Å²) < 4.78 is 7.10. The molecule has 3 heteroatoms. The van der Waals surface area contributed by atoms with Crippen LogP contribution in [0.1, 0.15) is 53.4 Å². The smallest absolute Gasteiger partial charge is 0.144 e. The van der Waals surface area contributed by atoms with Gasteiger partial charge in [-0.15, -0.1) is 11.8 Å². The Bertz CT molecular complexity index is 2680. The van der Waals surface area contributed by atoms with Gasteiger partial charge in [0.05, 0.1) is 0 Å². The fourth-order valence-corrected chi connectivity index (χ4v) is 10.6. The van der Waals surface area contributed by atoms with Gasteiger partial charge in [-0.1, -0.05) is 122 Å². The van der Waals surface area contributed by atoms with E-state index in [1.807, 2.05) is 11.8 Å². The number of rotatable bonds is 4. The van der Waals surface area contributed by atoms with Crippen LogP contribution in [0.5, 0.6) is 0 Å². The molecule has 0 saturated heterocycles. The van der Waals surface area contributed by atoms with Gasteiger partial charge in [-0.25, -0.2) is 0 Å². The quantitative estimate of drug-likeness (QED) is 0.185. The average molecular weight is 674 g/mol. The highest BCUT2D eigenvalue weighted by atomic mass is 32.2. The van der Waals surface area contributed by atoms with Crippen LogP contribution in [-0.4, -0.2) is 5.25 Å². The highest BCUT2D eigenvalue weighted by molar-refractivity contribution is 8.00. The fraction of sp³-hybridized carbons (Fsp3) is 0.125. The Hall–Kier alpha value is -5.51. The van der Waals surface area contributed by atoms with Crippen molar-refractivity contribution in [2.75, 3.05) is 4.90 Å². The first-order chi connectivity index (χ1) is 25.2. The summed E-state index contributed by atoms with van der Waals surface area (Å²) in [4.78, 5) is 3.76. The first kappa shape index (κ1) is 29.2. The van der Waals surface area contributed by atoms with Crippen molar-refractivity contribution in [2.45, 2.75) is 41.2 Å². The van der Waals surface area contributed by atoms with Gasteiger partial charge in [0.25, 0.3) is 0 Å². The van der Waals surface area contributed by atoms with Crippen LogP contribution in [0, 0.1) is 0 Å². The number of anilines is 3.